The first-order valence-corrected chi connectivity index (χ1v) is 8.66. The predicted octanol–water partition coefficient (Wildman–Crippen LogP) is 3.28. The largest absolute Gasteiger partial charge is 0.316 e. The van der Waals surface area contributed by atoms with E-state index in [2.05, 4.69) is 24.1 Å². The van der Waals surface area contributed by atoms with E-state index in [9.17, 15) is 0 Å². The molecule has 3 atom stereocenters. The minimum absolute atomic E-state index is 0.555. The van der Waals surface area contributed by atoms with Crippen molar-refractivity contribution in [3.63, 3.8) is 0 Å². The fraction of sp³-hybridized carbons (Fsp3) is 1.00. The van der Waals surface area contributed by atoms with Crippen LogP contribution in [0.2, 0.25) is 0 Å². The van der Waals surface area contributed by atoms with Gasteiger partial charge in [0.2, 0.25) is 0 Å². The van der Waals surface area contributed by atoms with Gasteiger partial charge < -0.3 is 5.32 Å². The first-order valence-electron chi connectivity index (χ1n) is 8.66. The Morgan fingerprint density at radius 2 is 1.95 bits per heavy atom. The molecule has 1 saturated carbocycles. The molecule has 0 radical (unpaired) electrons. The van der Waals surface area contributed by atoms with Crippen molar-refractivity contribution in [3.8, 4) is 0 Å². The van der Waals surface area contributed by atoms with Crippen LogP contribution in [-0.4, -0.2) is 37.1 Å². The highest BCUT2D eigenvalue weighted by atomic mass is 15.2. The van der Waals surface area contributed by atoms with Crippen molar-refractivity contribution in [2.24, 2.45) is 17.3 Å². The van der Waals surface area contributed by atoms with Gasteiger partial charge in [-0.05, 0) is 62.4 Å². The van der Waals surface area contributed by atoms with Crippen LogP contribution in [0.4, 0.5) is 0 Å². The van der Waals surface area contributed by atoms with Gasteiger partial charge in [-0.3, -0.25) is 4.90 Å². The Hall–Kier alpha value is -0.0800. The lowest BCUT2D eigenvalue weighted by molar-refractivity contribution is 0.0143. The van der Waals surface area contributed by atoms with Gasteiger partial charge in [-0.1, -0.05) is 26.7 Å². The number of rotatable bonds is 3. The molecular formula is C17H32N2. The molecule has 0 bridgehead atoms. The molecule has 0 amide bonds. The normalized spacial score (nSPS) is 40.6. The van der Waals surface area contributed by atoms with Gasteiger partial charge in [0.25, 0.3) is 0 Å². The fourth-order valence-electron chi connectivity index (χ4n) is 4.90. The number of fused-ring (bicyclic) bond motifs is 1. The second-order valence-electron chi connectivity index (χ2n) is 7.67. The average molecular weight is 264 g/mol. The van der Waals surface area contributed by atoms with Crippen molar-refractivity contribution in [2.45, 2.75) is 64.8 Å². The molecule has 2 heteroatoms. The Labute approximate surface area is 119 Å². The molecule has 0 aromatic heterocycles. The molecule has 2 heterocycles. The molecule has 2 aliphatic heterocycles. The molecule has 2 saturated heterocycles. The van der Waals surface area contributed by atoms with Gasteiger partial charge in [-0.15, -0.1) is 0 Å². The maximum Gasteiger partial charge on any atom is 0.0124 e. The van der Waals surface area contributed by atoms with E-state index in [1.54, 1.807) is 0 Å². The van der Waals surface area contributed by atoms with Crippen LogP contribution in [0.1, 0.15) is 58.8 Å². The Kier molecular flexibility index (Phi) is 4.19. The second kappa shape index (κ2) is 5.73. The average Bonchev–Trinajstić information content (AvgIpc) is 2.89. The lowest BCUT2D eigenvalue weighted by atomic mass is 9.73. The third kappa shape index (κ3) is 2.71. The molecule has 3 aliphatic rings. The van der Waals surface area contributed by atoms with E-state index in [-0.39, 0.29) is 0 Å². The van der Waals surface area contributed by atoms with Gasteiger partial charge in [-0.2, -0.15) is 0 Å². The number of nitrogens with zero attached hydrogens (tertiary/aromatic N) is 1. The monoisotopic (exact) mass is 264 g/mol. The topological polar surface area (TPSA) is 15.3 Å². The molecule has 0 spiro atoms. The van der Waals surface area contributed by atoms with E-state index < -0.39 is 0 Å². The van der Waals surface area contributed by atoms with E-state index >= 15 is 0 Å². The molecule has 2 nitrogen and oxygen atoms in total. The van der Waals surface area contributed by atoms with Crippen molar-refractivity contribution in [3.05, 3.63) is 0 Å². The van der Waals surface area contributed by atoms with Gasteiger partial charge >= 0.3 is 0 Å². The van der Waals surface area contributed by atoms with Crippen LogP contribution in [0.15, 0.2) is 0 Å². The number of piperidine rings is 1. The molecule has 1 unspecified atom stereocenters. The fourth-order valence-corrected chi connectivity index (χ4v) is 4.90. The van der Waals surface area contributed by atoms with Gasteiger partial charge in [-0.25, -0.2) is 0 Å². The molecule has 3 fully saturated rings. The lowest BCUT2D eigenvalue weighted by Crippen LogP contribution is -2.52. The molecule has 19 heavy (non-hydrogen) atoms. The highest BCUT2D eigenvalue weighted by Gasteiger charge is 2.42. The third-order valence-electron chi connectivity index (χ3n) is 6.38. The first kappa shape index (κ1) is 13.9. The number of hydrogen-bond acceptors (Lipinski definition) is 2. The SMILES string of the molecule is CC(C)C1(CN2CCC[C@H]3CCCC[C@H]32)CCNC1. The Bertz CT molecular complexity index is 292. The summed E-state index contributed by atoms with van der Waals surface area (Å²) in [5.74, 6) is 1.84. The van der Waals surface area contributed by atoms with E-state index in [4.69, 9.17) is 0 Å². The molecule has 3 rings (SSSR count). The van der Waals surface area contributed by atoms with Crippen molar-refractivity contribution in [1.29, 1.82) is 0 Å². The van der Waals surface area contributed by atoms with Crippen molar-refractivity contribution >= 4 is 0 Å². The van der Waals surface area contributed by atoms with Crippen molar-refractivity contribution < 1.29 is 0 Å². The van der Waals surface area contributed by atoms with Crippen LogP contribution in [0.25, 0.3) is 0 Å². The molecule has 1 aliphatic carbocycles. The summed E-state index contributed by atoms with van der Waals surface area (Å²) in [7, 11) is 0. The Morgan fingerprint density at radius 1 is 1.16 bits per heavy atom. The van der Waals surface area contributed by atoms with Crippen molar-refractivity contribution in [2.75, 3.05) is 26.2 Å². The number of hydrogen-bond donors (Lipinski definition) is 1. The van der Waals surface area contributed by atoms with Gasteiger partial charge in [0.05, 0.1) is 0 Å². The van der Waals surface area contributed by atoms with Crippen LogP contribution in [-0.2, 0) is 0 Å². The minimum atomic E-state index is 0.555. The summed E-state index contributed by atoms with van der Waals surface area (Å²) in [5, 5.41) is 3.63. The van der Waals surface area contributed by atoms with Crippen LogP contribution in [0.3, 0.4) is 0 Å². The zero-order chi connectivity index (χ0) is 13.3. The summed E-state index contributed by atoms with van der Waals surface area (Å²) in [5.41, 5.74) is 0.555. The van der Waals surface area contributed by atoms with Crippen LogP contribution in [0.5, 0.6) is 0 Å². The summed E-state index contributed by atoms with van der Waals surface area (Å²) >= 11 is 0. The summed E-state index contributed by atoms with van der Waals surface area (Å²) in [6.45, 7) is 10.1. The Balaban J connectivity index is 1.70. The maximum absolute atomic E-state index is 3.63. The summed E-state index contributed by atoms with van der Waals surface area (Å²) in [6.07, 6.45) is 10.3. The summed E-state index contributed by atoms with van der Waals surface area (Å²) < 4.78 is 0. The van der Waals surface area contributed by atoms with Gasteiger partial charge in [0.15, 0.2) is 0 Å². The molecule has 0 aromatic carbocycles. The number of nitrogens with one attached hydrogen (secondary N) is 1. The van der Waals surface area contributed by atoms with E-state index in [0.29, 0.717) is 5.41 Å². The zero-order valence-electron chi connectivity index (χ0n) is 13.0. The number of likely N-dealkylation sites (tertiary alicyclic amines) is 1. The first-order chi connectivity index (χ1) is 9.21. The highest BCUT2D eigenvalue weighted by molar-refractivity contribution is 4.96. The Morgan fingerprint density at radius 3 is 2.68 bits per heavy atom. The molecular weight excluding hydrogens is 232 g/mol. The van der Waals surface area contributed by atoms with E-state index in [1.807, 2.05) is 0 Å². The lowest BCUT2D eigenvalue weighted by Gasteiger charge is -2.48. The van der Waals surface area contributed by atoms with Gasteiger partial charge in [0, 0.05) is 19.1 Å². The smallest absolute Gasteiger partial charge is 0.0124 e. The van der Waals surface area contributed by atoms with Gasteiger partial charge in [0.1, 0.15) is 0 Å². The highest BCUT2D eigenvalue weighted by Crippen LogP contribution is 2.40. The third-order valence-corrected chi connectivity index (χ3v) is 6.38. The standard InChI is InChI=1S/C17H32N2/c1-14(2)17(9-10-18-12-17)13-19-11-5-7-15-6-3-4-8-16(15)19/h14-16,18H,3-13H2,1-2H3/t15-,16-,17?/m1/s1. The molecule has 0 aromatic rings. The molecule has 1 N–H and O–H groups in total. The van der Waals surface area contributed by atoms with Crippen LogP contribution >= 0.6 is 0 Å². The quantitative estimate of drug-likeness (QED) is 0.841. The minimum Gasteiger partial charge on any atom is -0.316 e. The zero-order valence-corrected chi connectivity index (χ0v) is 13.0. The molecule has 110 valence electrons. The van der Waals surface area contributed by atoms with Crippen molar-refractivity contribution in [1.82, 2.24) is 10.2 Å². The maximum atomic E-state index is 3.63. The van der Waals surface area contributed by atoms with Crippen LogP contribution in [0, 0.1) is 17.3 Å². The second-order valence-corrected chi connectivity index (χ2v) is 7.67. The van der Waals surface area contributed by atoms with Crippen LogP contribution < -0.4 is 5.32 Å². The van der Waals surface area contributed by atoms with E-state index in [0.717, 1.165) is 17.9 Å². The summed E-state index contributed by atoms with van der Waals surface area (Å²) in [4.78, 5) is 2.90. The predicted molar refractivity (Wildman–Crippen MR) is 81.3 cm³/mol. The summed E-state index contributed by atoms with van der Waals surface area (Å²) in [6, 6.07) is 0.929. The van der Waals surface area contributed by atoms with E-state index in [1.165, 1.54) is 71.1 Å².